The SMILES string of the molecule is CCN(CCc1ccccc1)C(=O)C(C)(C)CN. The first-order valence-corrected chi connectivity index (χ1v) is 6.54. The second kappa shape index (κ2) is 6.55. The molecule has 0 bridgehead atoms. The van der Waals surface area contributed by atoms with E-state index in [0.717, 1.165) is 19.5 Å². The van der Waals surface area contributed by atoms with Crippen LogP contribution in [0.3, 0.4) is 0 Å². The first-order valence-electron chi connectivity index (χ1n) is 6.54. The number of rotatable bonds is 6. The van der Waals surface area contributed by atoms with Gasteiger partial charge in [0.05, 0.1) is 5.41 Å². The monoisotopic (exact) mass is 248 g/mol. The van der Waals surface area contributed by atoms with Crippen LogP contribution in [0.1, 0.15) is 26.3 Å². The van der Waals surface area contributed by atoms with Gasteiger partial charge in [0.1, 0.15) is 0 Å². The number of likely N-dealkylation sites (N-methyl/N-ethyl adjacent to an activating group) is 1. The zero-order chi connectivity index (χ0) is 13.6. The van der Waals surface area contributed by atoms with Crippen LogP contribution < -0.4 is 5.73 Å². The van der Waals surface area contributed by atoms with Crippen LogP contribution >= 0.6 is 0 Å². The zero-order valence-electron chi connectivity index (χ0n) is 11.6. The predicted molar refractivity (Wildman–Crippen MR) is 75.2 cm³/mol. The highest BCUT2D eigenvalue weighted by Gasteiger charge is 2.29. The smallest absolute Gasteiger partial charge is 0.229 e. The maximum Gasteiger partial charge on any atom is 0.229 e. The van der Waals surface area contributed by atoms with Gasteiger partial charge in [-0.3, -0.25) is 4.79 Å². The summed E-state index contributed by atoms with van der Waals surface area (Å²) in [6.45, 7) is 7.68. The molecule has 18 heavy (non-hydrogen) atoms. The van der Waals surface area contributed by atoms with E-state index in [0.29, 0.717) is 6.54 Å². The van der Waals surface area contributed by atoms with Gasteiger partial charge in [-0.2, -0.15) is 0 Å². The van der Waals surface area contributed by atoms with Gasteiger partial charge in [-0.15, -0.1) is 0 Å². The van der Waals surface area contributed by atoms with Crippen molar-refractivity contribution in [1.82, 2.24) is 4.90 Å². The summed E-state index contributed by atoms with van der Waals surface area (Å²) < 4.78 is 0. The third-order valence-electron chi connectivity index (χ3n) is 3.27. The maximum atomic E-state index is 12.3. The number of carbonyl (C=O) groups excluding carboxylic acids is 1. The highest BCUT2D eigenvalue weighted by molar-refractivity contribution is 5.82. The molecule has 2 N–H and O–H groups in total. The highest BCUT2D eigenvalue weighted by atomic mass is 16.2. The Balaban J connectivity index is 2.60. The molecule has 1 aromatic rings. The lowest BCUT2D eigenvalue weighted by Crippen LogP contribution is -2.45. The summed E-state index contributed by atoms with van der Waals surface area (Å²) >= 11 is 0. The predicted octanol–water partition coefficient (Wildman–Crippen LogP) is 2.06. The molecule has 1 rings (SSSR count). The lowest BCUT2D eigenvalue weighted by Gasteiger charge is -2.30. The van der Waals surface area contributed by atoms with E-state index in [2.05, 4.69) is 12.1 Å². The van der Waals surface area contributed by atoms with E-state index in [1.807, 2.05) is 43.9 Å². The summed E-state index contributed by atoms with van der Waals surface area (Å²) in [4.78, 5) is 14.2. The van der Waals surface area contributed by atoms with E-state index in [1.165, 1.54) is 5.56 Å². The molecule has 1 aromatic carbocycles. The normalized spacial score (nSPS) is 11.3. The molecule has 3 heteroatoms. The molecule has 0 heterocycles. The molecule has 0 aliphatic rings. The van der Waals surface area contributed by atoms with Crippen molar-refractivity contribution in [1.29, 1.82) is 0 Å². The summed E-state index contributed by atoms with van der Waals surface area (Å²) in [6.07, 6.45) is 0.890. The van der Waals surface area contributed by atoms with Crippen LogP contribution in [0.15, 0.2) is 30.3 Å². The lowest BCUT2D eigenvalue weighted by atomic mass is 9.91. The van der Waals surface area contributed by atoms with Crippen LogP contribution in [0, 0.1) is 5.41 Å². The van der Waals surface area contributed by atoms with Crippen molar-refractivity contribution in [3.8, 4) is 0 Å². The summed E-state index contributed by atoms with van der Waals surface area (Å²) in [7, 11) is 0. The quantitative estimate of drug-likeness (QED) is 0.837. The molecule has 100 valence electrons. The fraction of sp³-hybridized carbons (Fsp3) is 0.533. The molecule has 0 aromatic heterocycles. The van der Waals surface area contributed by atoms with Gasteiger partial charge in [0, 0.05) is 19.6 Å². The van der Waals surface area contributed by atoms with Gasteiger partial charge in [0.15, 0.2) is 0 Å². The third-order valence-corrected chi connectivity index (χ3v) is 3.27. The number of carbonyl (C=O) groups is 1. The van der Waals surface area contributed by atoms with Crippen molar-refractivity contribution >= 4 is 5.91 Å². The van der Waals surface area contributed by atoms with E-state index < -0.39 is 5.41 Å². The third kappa shape index (κ3) is 3.84. The second-order valence-electron chi connectivity index (χ2n) is 5.21. The van der Waals surface area contributed by atoms with Gasteiger partial charge in [0.2, 0.25) is 5.91 Å². The number of hydrogen-bond acceptors (Lipinski definition) is 2. The van der Waals surface area contributed by atoms with Gasteiger partial charge in [-0.05, 0) is 32.8 Å². The maximum absolute atomic E-state index is 12.3. The summed E-state index contributed by atoms with van der Waals surface area (Å²) in [5.41, 5.74) is 6.45. The molecule has 0 aliphatic heterocycles. The average molecular weight is 248 g/mol. The van der Waals surface area contributed by atoms with E-state index >= 15 is 0 Å². The number of benzene rings is 1. The van der Waals surface area contributed by atoms with Gasteiger partial charge >= 0.3 is 0 Å². The van der Waals surface area contributed by atoms with Crippen molar-refractivity contribution in [2.45, 2.75) is 27.2 Å². The van der Waals surface area contributed by atoms with Crippen molar-refractivity contribution < 1.29 is 4.79 Å². The van der Waals surface area contributed by atoms with Crippen LogP contribution in [0.2, 0.25) is 0 Å². The molecule has 1 amide bonds. The summed E-state index contributed by atoms with van der Waals surface area (Å²) in [5.74, 6) is 0.142. The Hall–Kier alpha value is -1.35. The molecule has 0 saturated heterocycles. The highest BCUT2D eigenvalue weighted by Crippen LogP contribution is 2.17. The number of amides is 1. The largest absolute Gasteiger partial charge is 0.342 e. The molecule has 0 aliphatic carbocycles. The lowest BCUT2D eigenvalue weighted by molar-refractivity contribution is -0.139. The fourth-order valence-electron chi connectivity index (χ4n) is 1.83. The van der Waals surface area contributed by atoms with Crippen molar-refractivity contribution in [2.24, 2.45) is 11.1 Å². The number of nitrogens with two attached hydrogens (primary N) is 1. The van der Waals surface area contributed by atoms with Gasteiger partial charge < -0.3 is 10.6 Å². The Morgan fingerprint density at radius 2 is 1.89 bits per heavy atom. The van der Waals surface area contributed by atoms with E-state index in [-0.39, 0.29) is 5.91 Å². The molecule has 0 spiro atoms. The minimum Gasteiger partial charge on any atom is -0.342 e. The van der Waals surface area contributed by atoms with Gasteiger partial charge in [0.25, 0.3) is 0 Å². The van der Waals surface area contributed by atoms with Crippen LogP contribution in [0.4, 0.5) is 0 Å². The van der Waals surface area contributed by atoms with Crippen LogP contribution in [0.25, 0.3) is 0 Å². The summed E-state index contributed by atoms with van der Waals surface area (Å²) in [6, 6.07) is 10.2. The van der Waals surface area contributed by atoms with Crippen LogP contribution in [-0.2, 0) is 11.2 Å². The minimum absolute atomic E-state index is 0.142. The van der Waals surface area contributed by atoms with Crippen molar-refractivity contribution in [3.05, 3.63) is 35.9 Å². The molecule has 0 radical (unpaired) electrons. The van der Waals surface area contributed by atoms with Crippen LogP contribution in [-0.4, -0.2) is 30.4 Å². The van der Waals surface area contributed by atoms with Gasteiger partial charge in [-0.1, -0.05) is 30.3 Å². The standard InChI is InChI=1S/C15H24N2O/c1-4-17(14(18)15(2,3)12-16)11-10-13-8-6-5-7-9-13/h5-9H,4,10-12,16H2,1-3H3. The fourth-order valence-corrected chi connectivity index (χ4v) is 1.83. The second-order valence-corrected chi connectivity index (χ2v) is 5.21. The average Bonchev–Trinajstić information content (AvgIpc) is 2.40. The summed E-state index contributed by atoms with van der Waals surface area (Å²) in [5, 5.41) is 0. The molecular weight excluding hydrogens is 224 g/mol. The van der Waals surface area contributed by atoms with Gasteiger partial charge in [-0.25, -0.2) is 0 Å². The first-order chi connectivity index (χ1) is 8.51. The topological polar surface area (TPSA) is 46.3 Å². The Morgan fingerprint density at radius 1 is 1.28 bits per heavy atom. The molecule has 0 fully saturated rings. The Labute approximate surface area is 110 Å². The van der Waals surface area contributed by atoms with Crippen molar-refractivity contribution in [3.63, 3.8) is 0 Å². The van der Waals surface area contributed by atoms with E-state index in [9.17, 15) is 4.79 Å². The van der Waals surface area contributed by atoms with Crippen molar-refractivity contribution in [2.75, 3.05) is 19.6 Å². The van der Waals surface area contributed by atoms with Crippen LogP contribution in [0.5, 0.6) is 0 Å². The Morgan fingerprint density at radius 3 is 2.39 bits per heavy atom. The van der Waals surface area contributed by atoms with E-state index in [4.69, 9.17) is 5.73 Å². The zero-order valence-corrected chi connectivity index (χ0v) is 11.6. The first kappa shape index (κ1) is 14.7. The molecule has 0 atom stereocenters. The molecule has 0 saturated carbocycles. The number of hydrogen-bond donors (Lipinski definition) is 1. The molecule has 0 unspecified atom stereocenters. The molecular formula is C15H24N2O. The minimum atomic E-state index is -0.466. The number of nitrogens with zero attached hydrogens (tertiary/aromatic N) is 1. The Kier molecular flexibility index (Phi) is 5.35. The van der Waals surface area contributed by atoms with E-state index in [1.54, 1.807) is 0 Å². The Bertz CT molecular complexity index is 373. The molecule has 3 nitrogen and oxygen atoms in total.